The molecule has 2 rings (SSSR count). The molecule has 1 N–H and O–H groups in total. The third-order valence-corrected chi connectivity index (χ3v) is 3.06. The standard InChI is InChI=1S/C15H16ClNO4/c1-3-20-13-5-4-11(16)8-12(13)17-9-10-6-7-21-14(10)15(18)19-2/h4-8,17H,3,9H2,1-2H3. The van der Waals surface area contributed by atoms with Gasteiger partial charge in [0.05, 0.1) is 25.7 Å². The van der Waals surface area contributed by atoms with Crippen LogP contribution in [0.5, 0.6) is 5.75 Å². The largest absolute Gasteiger partial charge is 0.492 e. The van der Waals surface area contributed by atoms with Gasteiger partial charge < -0.3 is 19.2 Å². The van der Waals surface area contributed by atoms with Gasteiger partial charge in [-0.15, -0.1) is 0 Å². The van der Waals surface area contributed by atoms with Gasteiger partial charge in [0, 0.05) is 17.1 Å². The van der Waals surface area contributed by atoms with Crippen LogP contribution in [0, 0.1) is 0 Å². The van der Waals surface area contributed by atoms with E-state index in [4.69, 9.17) is 20.8 Å². The third-order valence-electron chi connectivity index (χ3n) is 2.83. The van der Waals surface area contributed by atoms with Crippen LogP contribution in [0.2, 0.25) is 5.02 Å². The molecule has 1 aromatic carbocycles. The molecule has 0 aliphatic rings. The van der Waals surface area contributed by atoms with E-state index < -0.39 is 5.97 Å². The lowest BCUT2D eigenvalue weighted by Gasteiger charge is -2.12. The molecule has 0 unspecified atom stereocenters. The zero-order valence-corrected chi connectivity index (χ0v) is 12.6. The van der Waals surface area contributed by atoms with Gasteiger partial charge in [-0.05, 0) is 31.2 Å². The number of carbonyl (C=O) groups is 1. The quantitative estimate of drug-likeness (QED) is 0.824. The Balaban J connectivity index is 2.15. The van der Waals surface area contributed by atoms with Crippen LogP contribution >= 0.6 is 11.6 Å². The van der Waals surface area contributed by atoms with Crippen molar-refractivity contribution in [2.24, 2.45) is 0 Å². The third kappa shape index (κ3) is 3.70. The van der Waals surface area contributed by atoms with E-state index in [1.165, 1.54) is 13.4 Å². The first-order chi connectivity index (χ1) is 10.2. The first kappa shape index (κ1) is 15.3. The summed E-state index contributed by atoms with van der Waals surface area (Å²) in [4.78, 5) is 11.5. The second-order valence-corrected chi connectivity index (χ2v) is 4.63. The Kier molecular flexibility index (Phi) is 5.11. The summed E-state index contributed by atoms with van der Waals surface area (Å²) in [7, 11) is 1.31. The number of methoxy groups -OCH3 is 1. The van der Waals surface area contributed by atoms with Crippen LogP contribution < -0.4 is 10.1 Å². The van der Waals surface area contributed by atoms with Gasteiger partial charge in [-0.1, -0.05) is 11.6 Å². The van der Waals surface area contributed by atoms with Crippen molar-refractivity contribution in [2.45, 2.75) is 13.5 Å². The fraction of sp³-hybridized carbons (Fsp3) is 0.267. The van der Waals surface area contributed by atoms with Gasteiger partial charge in [0.25, 0.3) is 0 Å². The average Bonchev–Trinajstić information content (AvgIpc) is 2.95. The van der Waals surface area contributed by atoms with Crippen LogP contribution in [0.4, 0.5) is 5.69 Å². The highest BCUT2D eigenvalue weighted by Crippen LogP contribution is 2.28. The molecular formula is C15H16ClNO4. The SMILES string of the molecule is CCOc1ccc(Cl)cc1NCc1ccoc1C(=O)OC. The number of carbonyl (C=O) groups excluding carboxylic acids is 1. The molecule has 0 bridgehead atoms. The van der Waals surface area contributed by atoms with Gasteiger partial charge in [0.15, 0.2) is 0 Å². The molecule has 112 valence electrons. The smallest absolute Gasteiger partial charge is 0.374 e. The Labute approximate surface area is 127 Å². The fourth-order valence-electron chi connectivity index (χ4n) is 1.86. The Hall–Kier alpha value is -2.14. The van der Waals surface area contributed by atoms with Gasteiger partial charge in [-0.3, -0.25) is 0 Å². The molecule has 0 spiro atoms. The maximum atomic E-state index is 11.5. The number of anilines is 1. The van der Waals surface area contributed by atoms with Crippen molar-refractivity contribution in [3.63, 3.8) is 0 Å². The molecule has 0 fully saturated rings. The van der Waals surface area contributed by atoms with E-state index in [9.17, 15) is 4.79 Å². The number of rotatable bonds is 6. The van der Waals surface area contributed by atoms with Crippen LogP contribution in [0.1, 0.15) is 23.0 Å². The highest BCUT2D eigenvalue weighted by molar-refractivity contribution is 6.30. The zero-order valence-electron chi connectivity index (χ0n) is 11.8. The minimum absolute atomic E-state index is 0.185. The van der Waals surface area contributed by atoms with Crippen molar-refractivity contribution in [3.05, 3.63) is 46.9 Å². The van der Waals surface area contributed by atoms with Gasteiger partial charge in [0.1, 0.15) is 5.75 Å². The van der Waals surface area contributed by atoms with Crippen molar-refractivity contribution in [2.75, 3.05) is 19.0 Å². The van der Waals surface area contributed by atoms with Crippen LogP contribution in [0.15, 0.2) is 34.9 Å². The van der Waals surface area contributed by atoms with E-state index in [2.05, 4.69) is 10.1 Å². The summed E-state index contributed by atoms with van der Waals surface area (Å²) in [6.07, 6.45) is 1.45. The summed E-state index contributed by atoms with van der Waals surface area (Å²) in [5.41, 5.74) is 1.45. The lowest BCUT2D eigenvalue weighted by Crippen LogP contribution is -2.07. The van der Waals surface area contributed by atoms with Crippen molar-refractivity contribution in [3.8, 4) is 5.75 Å². The van der Waals surface area contributed by atoms with E-state index in [-0.39, 0.29) is 5.76 Å². The summed E-state index contributed by atoms with van der Waals surface area (Å²) in [6, 6.07) is 7.04. The van der Waals surface area contributed by atoms with E-state index in [0.717, 1.165) is 5.69 Å². The Morgan fingerprint density at radius 2 is 2.19 bits per heavy atom. The number of hydrogen-bond donors (Lipinski definition) is 1. The second kappa shape index (κ2) is 7.04. The van der Waals surface area contributed by atoms with Crippen molar-refractivity contribution < 1.29 is 18.7 Å². The van der Waals surface area contributed by atoms with Gasteiger partial charge in [0.2, 0.25) is 5.76 Å². The molecular weight excluding hydrogens is 294 g/mol. The minimum atomic E-state index is -0.507. The van der Waals surface area contributed by atoms with Crippen molar-refractivity contribution in [1.29, 1.82) is 0 Å². The zero-order chi connectivity index (χ0) is 15.2. The first-order valence-corrected chi connectivity index (χ1v) is 6.84. The van der Waals surface area contributed by atoms with Crippen molar-refractivity contribution >= 4 is 23.3 Å². The predicted molar refractivity (Wildman–Crippen MR) is 80.0 cm³/mol. The van der Waals surface area contributed by atoms with E-state index >= 15 is 0 Å². The molecule has 0 radical (unpaired) electrons. The van der Waals surface area contributed by atoms with E-state index in [1.807, 2.05) is 6.92 Å². The number of hydrogen-bond acceptors (Lipinski definition) is 5. The van der Waals surface area contributed by atoms with Crippen LogP contribution in [0.25, 0.3) is 0 Å². The Bertz CT molecular complexity index is 624. The van der Waals surface area contributed by atoms with Crippen LogP contribution in [-0.2, 0) is 11.3 Å². The maximum Gasteiger partial charge on any atom is 0.374 e. The number of furan rings is 1. The number of halogens is 1. The molecule has 0 amide bonds. The lowest BCUT2D eigenvalue weighted by atomic mass is 10.2. The maximum absolute atomic E-state index is 11.5. The number of nitrogens with one attached hydrogen (secondary N) is 1. The number of benzene rings is 1. The summed E-state index contributed by atoms with van der Waals surface area (Å²) < 4.78 is 15.3. The van der Waals surface area contributed by atoms with Crippen molar-refractivity contribution in [1.82, 2.24) is 0 Å². The summed E-state index contributed by atoms with van der Waals surface area (Å²) in [6.45, 7) is 2.85. The van der Waals surface area contributed by atoms with Crippen LogP contribution in [-0.4, -0.2) is 19.7 Å². The monoisotopic (exact) mass is 309 g/mol. The highest BCUT2D eigenvalue weighted by atomic mass is 35.5. The van der Waals surface area contributed by atoms with E-state index in [1.54, 1.807) is 24.3 Å². The summed E-state index contributed by atoms with van der Waals surface area (Å²) >= 11 is 5.99. The molecule has 21 heavy (non-hydrogen) atoms. The highest BCUT2D eigenvalue weighted by Gasteiger charge is 2.16. The molecule has 6 heteroatoms. The second-order valence-electron chi connectivity index (χ2n) is 4.19. The average molecular weight is 310 g/mol. The van der Waals surface area contributed by atoms with Crippen LogP contribution in [0.3, 0.4) is 0 Å². The van der Waals surface area contributed by atoms with Gasteiger partial charge >= 0.3 is 5.97 Å². The Morgan fingerprint density at radius 1 is 1.38 bits per heavy atom. The topological polar surface area (TPSA) is 60.7 Å². The molecule has 2 aromatic rings. The summed E-state index contributed by atoms with van der Waals surface area (Å²) in [5.74, 6) is 0.378. The number of ether oxygens (including phenoxy) is 2. The van der Waals surface area contributed by atoms with E-state index in [0.29, 0.717) is 29.5 Å². The minimum Gasteiger partial charge on any atom is -0.492 e. The Morgan fingerprint density at radius 3 is 2.90 bits per heavy atom. The van der Waals surface area contributed by atoms with Gasteiger partial charge in [-0.2, -0.15) is 0 Å². The number of esters is 1. The molecule has 0 saturated heterocycles. The first-order valence-electron chi connectivity index (χ1n) is 6.46. The lowest BCUT2D eigenvalue weighted by molar-refractivity contribution is 0.0563. The molecule has 1 aromatic heterocycles. The predicted octanol–water partition coefficient (Wildman–Crippen LogP) is 3.73. The molecule has 0 aliphatic heterocycles. The normalized spacial score (nSPS) is 10.2. The molecule has 0 atom stereocenters. The summed E-state index contributed by atoms with van der Waals surface area (Å²) in [5, 5.41) is 3.78. The molecule has 0 aliphatic carbocycles. The van der Waals surface area contributed by atoms with Gasteiger partial charge in [-0.25, -0.2) is 4.79 Å². The molecule has 0 saturated carbocycles. The molecule has 1 heterocycles. The fourth-order valence-corrected chi connectivity index (χ4v) is 2.03. The molecule has 5 nitrogen and oxygen atoms in total.